The van der Waals surface area contributed by atoms with Crippen LogP contribution in [0, 0.1) is 0 Å². The van der Waals surface area contributed by atoms with Gasteiger partial charge in [0.2, 0.25) is 10.0 Å². The Hall–Kier alpha value is -2.45. The van der Waals surface area contributed by atoms with Gasteiger partial charge in [0.1, 0.15) is 5.69 Å². The fraction of sp³-hybridized carbons (Fsp3) is 0.429. The Morgan fingerprint density at radius 1 is 1.10 bits per heavy atom. The minimum absolute atomic E-state index is 0.115. The number of amides is 1. The number of nitrogens with zero attached hydrogens (tertiary/aromatic N) is 2. The van der Waals surface area contributed by atoms with Crippen LogP contribution in [-0.2, 0) is 10.0 Å². The van der Waals surface area contributed by atoms with Crippen molar-refractivity contribution in [2.45, 2.75) is 38.0 Å². The normalized spacial score (nSPS) is 16.6. The van der Waals surface area contributed by atoms with Crippen LogP contribution in [0.2, 0.25) is 0 Å². The number of carbonyl (C=O) groups is 2. The summed E-state index contributed by atoms with van der Waals surface area (Å²) in [5.41, 5.74) is 1.92. The highest BCUT2D eigenvalue weighted by atomic mass is 32.2. The molecule has 0 spiro atoms. The number of rotatable bonds is 6. The molecule has 0 radical (unpaired) electrons. The molecule has 1 atom stereocenters. The van der Waals surface area contributed by atoms with Gasteiger partial charge < -0.3 is 9.88 Å². The van der Waals surface area contributed by atoms with Gasteiger partial charge in [-0.05, 0) is 43.0 Å². The molecule has 156 valence electrons. The highest BCUT2D eigenvalue weighted by Crippen LogP contribution is 2.23. The van der Waals surface area contributed by atoms with Crippen LogP contribution in [-0.4, -0.2) is 60.5 Å². The van der Waals surface area contributed by atoms with Crippen molar-refractivity contribution in [2.75, 3.05) is 26.2 Å². The Balaban J connectivity index is 1.66. The van der Waals surface area contributed by atoms with E-state index in [0.717, 1.165) is 12.0 Å². The first-order valence-corrected chi connectivity index (χ1v) is 11.3. The molecule has 0 unspecified atom stereocenters. The minimum atomic E-state index is -3.59. The van der Waals surface area contributed by atoms with Crippen molar-refractivity contribution in [1.29, 1.82) is 0 Å². The van der Waals surface area contributed by atoms with Crippen molar-refractivity contribution < 1.29 is 18.0 Å². The first-order chi connectivity index (χ1) is 13.7. The third kappa shape index (κ3) is 4.43. The van der Waals surface area contributed by atoms with Crippen LogP contribution in [0.15, 0.2) is 41.4 Å². The molecule has 1 aromatic carbocycles. The van der Waals surface area contributed by atoms with Gasteiger partial charge in [0, 0.05) is 37.9 Å². The number of aromatic amines is 1. The number of H-pyrrole nitrogens is 1. The number of carbonyl (C=O) groups excluding carboxylic acids is 2. The summed E-state index contributed by atoms with van der Waals surface area (Å²) in [6.45, 7) is 6.74. The van der Waals surface area contributed by atoms with E-state index in [4.69, 9.17) is 0 Å². The average Bonchev–Trinajstić information content (AvgIpc) is 3.23. The van der Waals surface area contributed by atoms with Crippen molar-refractivity contribution >= 4 is 21.7 Å². The molecule has 1 amide bonds. The van der Waals surface area contributed by atoms with E-state index in [1.807, 2.05) is 12.1 Å². The summed E-state index contributed by atoms with van der Waals surface area (Å²) in [6, 6.07) is 8.61. The van der Waals surface area contributed by atoms with Crippen LogP contribution in [0.1, 0.15) is 59.5 Å². The largest absolute Gasteiger partial charge is 0.356 e. The Labute approximate surface area is 171 Å². The van der Waals surface area contributed by atoms with Gasteiger partial charge in [0.25, 0.3) is 5.91 Å². The third-order valence-electron chi connectivity index (χ3n) is 5.55. The topological polar surface area (TPSA) is 90.6 Å². The van der Waals surface area contributed by atoms with E-state index in [9.17, 15) is 18.0 Å². The zero-order valence-electron chi connectivity index (χ0n) is 17.0. The van der Waals surface area contributed by atoms with Crippen LogP contribution < -0.4 is 0 Å². The molecule has 0 saturated carbocycles. The molecule has 29 heavy (non-hydrogen) atoms. The fourth-order valence-corrected chi connectivity index (χ4v) is 4.80. The Morgan fingerprint density at radius 3 is 2.24 bits per heavy atom. The lowest BCUT2D eigenvalue weighted by atomic mass is 9.99. The summed E-state index contributed by atoms with van der Waals surface area (Å²) in [4.78, 5) is 28.7. The number of sulfonamides is 1. The highest BCUT2D eigenvalue weighted by Gasteiger charge is 2.31. The summed E-state index contributed by atoms with van der Waals surface area (Å²) >= 11 is 0. The number of Topliss-reactive ketones (excluding diaryl/α,β-unsaturated/α-hetero) is 1. The van der Waals surface area contributed by atoms with Gasteiger partial charge in [0.15, 0.2) is 5.78 Å². The first kappa shape index (κ1) is 21.3. The number of hydrogen-bond acceptors (Lipinski definition) is 4. The summed E-state index contributed by atoms with van der Waals surface area (Å²) in [6.07, 6.45) is 2.51. The predicted molar refractivity (Wildman–Crippen MR) is 111 cm³/mol. The molecule has 1 saturated heterocycles. The average molecular weight is 418 g/mol. The van der Waals surface area contributed by atoms with E-state index in [0.29, 0.717) is 30.3 Å². The fourth-order valence-electron chi connectivity index (χ4n) is 3.38. The maximum absolute atomic E-state index is 12.9. The number of ketones is 1. The van der Waals surface area contributed by atoms with Crippen molar-refractivity contribution in [3.63, 3.8) is 0 Å². The molecule has 2 heterocycles. The van der Waals surface area contributed by atoms with Gasteiger partial charge in [-0.2, -0.15) is 4.31 Å². The Bertz CT molecular complexity index is 987. The zero-order valence-corrected chi connectivity index (χ0v) is 17.8. The summed E-state index contributed by atoms with van der Waals surface area (Å²) in [5, 5.41) is 0. The van der Waals surface area contributed by atoms with E-state index >= 15 is 0 Å². The smallest absolute Gasteiger partial charge is 0.270 e. The second-order valence-corrected chi connectivity index (χ2v) is 9.37. The van der Waals surface area contributed by atoms with Crippen molar-refractivity contribution in [1.82, 2.24) is 14.2 Å². The maximum Gasteiger partial charge on any atom is 0.270 e. The van der Waals surface area contributed by atoms with Gasteiger partial charge >= 0.3 is 0 Å². The monoisotopic (exact) mass is 417 g/mol. The standard InChI is InChI=1S/C21H27N3O4S/c1-4-15(2)17-5-7-19(8-6-17)29(27,28)24-11-9-23(10-12-24)21(26)20-13-18(14-22-20)16(3)25/h5-8,13-15,22H,4,9-12H2,1-3H3/t15-/m0/s1. The predicted octanol–water partition coefficient (Wildman–Crippen LogP) is 2.88. The molecule has 3 rings (SSSR count). The number of nitrogens with one attached hydrogen (secondary N) is 1. The molecule has 1 aliphatic heterocycles. The molecule has 1 fully saturated rings. The van der Waals surface area contributed by atoms with E-state index < -0.39 is 10.0 Å². The summed E-state index contributed by atoms with van der Waals surface area (Å²) in [7, 11) is -3.59. The van der Waals surface area contributed by atoms with Crippen LogP contribution >= 0.6 is 0 Å². The van der Waals surface area contributed by atoms with Crippen molar-refractivity contribution in [3.05, 3.63) is 53.3 Å². The van der Waals surface area contributed by atoms with E-state index in [2.05, 4.69) is 18.8 Å². The van der Waals surface area contributed by atoms with Crippen LogP contribution in [0.3, 0.4) is 0 Å². The molecule has 2 aromatic rings. The second kappa shape index (κ2) is 8.51. The Kier molecular flexibility index (Phi) is 6.24. The van der Waals surface area contributed by atoms with Crippen LogP contribution in [0.25, 0.3) is 0 Å². The summed E-state index contributed by atoms with van der Waals surface area (Å²) < 4.78 is 27.3. The second-order valence-electron chi connectivity index (χ2n) is 7.43. The maximum atomic E-state index is 12.9. The van der Waals surface area contributed by atoms with Crippen LogP contribution in [0.4, 0.5) is 0 Å². The highest BCUT2D eigenvalue weighted by molar-refractivity contribution is 7.89. The number of benzene rings is 1. The SMILES string of the molecule is CC[C@H](C)c1ccc(S(=O)(=O)N2CCN(C(=O)c3cc(C(C)=O)c[nH]3)CC2)cc1. The number of piperazine rings is 1. The lowest BCUT2D eigenvalue weighted by Crippen LogP contribution is -2.50. The molecule has 1 N–H and O–H groups in total. The lowest BCUT2D eigenvalue weighted by molar-refractivity contribution is 0.0692. The van der Waals surface area contributed by atoms with Gasteiger partial charge in [-0.1, -0.05) is 26.0 Å². The molecule has 8 heteroatoms. The minimum Gasteiger partial charge on any atom is -0.356 e. The van der Waals surface area contributed by atoms with Crippen molar-refractivity contribution in [3.8, 4) is 0 Å². The van der Waals surface area contributed by atoms with E-state index in [1.54, 1.807) is 17.0 Å². The lowest BCUT2D eigenvalue weighted by Gasteiger charge is -2.33. The van der Waals surface area contributed by atoms with Gasteiger partial charge in [-0.25, -0.2) is 8.42 Å². The molecular formula is C21H27N3O4S. The third-order valence-corrected chi connectivity index (χ3v) is 7.46. The summed E-state index contributed by atoms with van der Waals surface area (Å²) in [5.74, 6) is 0.0424. The van der Waals surface area contributed by atoms with Crippen LogP contribution in [0.5, 0.6) is 0 Å². The molecular weight excluding hydrogens is 390 g/mol. The van der Waals surface area contributed by atoms with Crippen molar-refractivity contribution in [2.24, 2.45) is 0 Å². The molecule has 1 aliphatic rings. The molecule has 1 aromatic heterocycles. The number of aromatic nitrogens is 1. The zero-order chi connectivity index (χ0) is 21.2. The van der Waals surface area contributed by atoms with Gasteiger partial charge in [0.05, 0.1) is 4.90 Å². The van der Waals surface area contributed by atoms with Gasteiger partial charge in [-0.3, -0.25) is 9.59 Å². The van der Waals surface area contributed by atoms with E-state index in [-0.39, 0.29) is 29.7 Å². The Morgan fingerprint density at radius 2 is 1.72 bits per heavy atom. The van der Waals surface area contributed by atoms with Gasteiger partial charge in [-0.15, -0.1) is 0 Å². The first-order valence-electron chi connectivity index (χ1n) is 9.82. The molecule has 0 bridgehead atoms. The number of hydrogen-bond donors (Lipinski definition) is 1. The van der Waals surface area contributed by atoms with E-state index in [1.165, 1.54) is 23.5 Å². The quantitative estimate of drug-likeness (QED) is 0.732. The molecule has 7 nitrogen and oxygen atoms in total. The molecule has 0 aliphatic carbocycles.